The van der Waals surface area contributed by atoms with E-state index in [1.807, 2.05) is 0 Å². The number of ketones is 1. The zero-order valence-electron chi connectivity index (χ0n) is 9.57. The summed E-state index contributed by atoms with van der Waals surface area (Å²) >= 11 is 0. The molecule has 1 saturated heterocycles. The van der Waals surface area contributed by atoms with Gasteiger partial charge in [0.05, 0.1) is 13.0 Å². The van der Waals surface area contributed by atoms with Crippen LogP contribution in [0.2, 0.25) is 0 Å². The molecule has 1 N–H and O–H groups in total. The van der Waals surface area contributed by atoms with Crippen LogP contribution in [0.15, 0.2) is 24.4 Å². The highest BCUT2D eigenvalue weighted by atomic mass is 16.4. The lowest BCUT2D eigenvalue weighted by Crippen LogP contribution is -2.43. The molecule has 0 radical (unpaired) electrons. The van der Waals surface area contributed by atoms with Crippen molar-refractivity contribution in [3.63, 3.8) is 0 Å². The zero-order chi connectivity index (χ0) is 13.1. The third-order valence-corrected chi connectivity index (χ3v) is 2.81. The second kappa shape index (κ2) is 4.95. The summed E-state index contributed by atoms with van der Waals surface area (Å²) in [5.41, 5.74) is 0.581. The summed E-state index contributed by atoms with van der Waals surface area (Å²) in [6.07, 6.45) is 1.46. The quantitative estimate of drug-likeness (QED) is 0.750. The molecule has 6 nitrogen and oxygen atoms in total. The number of rotatable bonds is 4. The lowest BCUT2D eigenvalue weighted by Gasteiger charge is -2.22. The van der Waals surface area contributed by atoms with Crippen molar-refractivity contribution in [3.8, 4) is 0 Å². The van der Waals surface area contributed by atoms with E-state index in [9.17, 15) is 14.4 Å². The average molecular weight is 248 g/mol. The van der Waals surface area contributed by atoms with Crippen molar-refractivity contribution in [1.29, 1.82) is 0 Å². The van der Waals surface area contributed by atoms with Crippen LogP contribution in [0.3, 0.4) is 0 Å². The molecular weight excluding hydrogens is 236 g/mol. The standard InChI is InChI=1S/C12H12N2O4/c15-9-6-11(16)14(7-9)10(12(17)18)5-8-3-1-2-4-13-8/h1-4,10H,5-7H2,(H,17,18)/t10-/m0/s1. The summed E-state index contributed by atoms with van der Waals surface area (Å²) < 4.78 is 0. The minimum absolute atomic E-state index is 0.106. The molecule has 1 aromatic heterocycles. The van der Waals surface area contributed by atoms with Gasteiger partial charge >= 0.3 is 5.97 Å². The molecule has 0 aliphatic carbocycles. The van der Waals surface area contributed by atoms with Crippen LogP contribution in [0.5, 0.6) is 0 Å². The fourth-order valence-corrected chi connectivity index (χ4v) is 1.94. The molecule has 1 aromatic rings. The number of likely N-dealkylation sites (tertiary alicyclic amines) is 1. The third kappa shape index (κ3) is 2.53. The maximum absolute atomic E-state index is 11.5. The van der Waals surface area contributed by atoms with Gasteiger partial charge in [-0.1, -0.05) is 6.07 Å². The van der Waals surface area contributed by atoms with E-state index in [1.165, 1.54) is 0 Å². The Balaban J connectivity index is 2.17. The lowest BCUT2D eigenvalue weighted by atomic mass is 10.1. The maximum atomic E-state index is 11.5. The Morgan fingerprint density at radius 3 is 2.72 bits per heavy atom. The van der Waals surface area contributed by atoms with Crippen molar-refractivity contribution in [1.82, 2.24) is 9.88 Å². The van der Waals surface area contributed by atoms with Gasteiger partial charge in [-0.15, -0.1) is 0 Å². The molecular formula is C12H12N2O4. The summed E-state index contributed by atoms with van der Waals surface area (Å²) in [6.45, 7) is -0.122. The second-order valence-electron chi connectivity index (χ2n) is 4.12. The van der Waals surface area contributed by atoms with Gasteiger partial charge in [-0.25, -0.2) is 4.79 Å². The van der Waals surface area contributed by atoms with Crippen molar-refractivity contribution in [3.05, 3.63) is 30.1 Å². The van der Waals surface area contributed by atoms with Gasteiger partial charge in [0.1, 0.15) is 6.04 Å². The fraction of sp³-hybridized carbons (Fsp3) is 0.333. The van der Waals surface area contributed by atoms with E-state index in [4.69, 9.17) is 5.11 Å². The van der Waals surface area contributed by atoms with Crippen LogP contribution in [0.1, 0.15) is 12.1 Å². The van der Waals surface area contributed by atoms with Gasteiger partial charge in [0.15, 0.2) is 5.78 Å². The number of amides is 1. The normalized spacial score (nSPS) is 17.0. The molecule has 6 heteroatoms. The van der Waals surface area contributed by atoms with Gasteiger partial charge in [0, 0.05) is 18.3 Å². The van der Waals surface area contributed by atoms with Gasteiger partial charge in [0.25, 0.3) is 0 Å². The number of aliphatic carboxylic acids is 1. The van der Waals surface area contributed by atoms with Gasteiger partial charge in [-0.05, 0) is 12.1 Å². The molecule has 2 heterocycles. The number of hydrogen-bond acceptors (Lipinski definition) is 4. The largest absolute Gasteiger partial charge is 0.480 e. The molecule has 18 heavy (non-hydrogen) atoms. The van der Waals surface area contributed by atoms with Crippen LogP contribution in [-0.4, -0.2) is 45.2 Å². The van der Waals surface area contributed by atoms with Crippen molar-refractivity contribution in [2.24, 2.45) is 0 Å². The second-order valence-corrected chi connectivity index (χ2v) is 4.12. The third-order valence-electron chi connectivity index (χ3n) is 2.81. The van der Waals surface area contributed by atoms with E-state index in [-0.39, 0.29) is 25.2 Å². The molecule has 1 fully saturated rings. The molecule has 1 aliphatic rings. The Kier molecular flexibility index (Phi) is 3.36. The predicted octanol–water partition coefficient (Wildman–Crippen LogP) is -0.121. The first-order valence-corrected chi connectivity index (χ1v) is 5.52. The summed E-state index contributed by atoms with van der Waals surface area (Å²) in [6, 6.07) is 4.14. The predicted molar refractivity (Wildman–Crippen MR) is 60.7 cm³/mol. The van der Waals surface area contributed by atoms with E-state index in [0.29, 0.717) is 5.69 Å². The van der Waals surface area contributed by atoms with Gasteiger partial charge in [0.2, 0.25) is 5.91 Å². The number of carboxylic acids is 1. The highest BCUT2D eigenvalue weighted by Crippen LogP contribution is 2.14. The number of hydrogen-bond donors (Lipinski definition) is 1. The van der Waals surface area contributed by atoms with E-state index in [1.54, 1.807) is 24.4 Å². The fourth-order valence-electron chi connectivity index (χ4n) is 1.94. The molecule has 0 bridgehead atoms. The summed E-state index contributed by atoms with van der Waals surface area (Å²) in [4.78, 5) is 39.1. The number of carboxylic acid groups (broad SMARTS) is 1. The van der Waals surface area contributed by atoms with E-state index < -0.39 is 17.9 Å². The average Bonchev–Trinajstić information content (AvgIpc) is 2.66. The number of nitrogens with zero attached hydrogens (tertiary/aromatic N) is 2. The van der Waals surface area contributed by atoms with E-state index in [2.05, 4.69) is 4.98 Å². The van der Waals surface area contributed by atoms with Crippen LogP contribution in [0.25, 0.3) is 0 Å². The van der Waals surface area contributed by atoms with Crippen molar-refractivity contribution in [2.45, 2.75) is 18.9 Å². The van der Waals surface area contributed by atoms with Gasteiger partial charge in [-0.2, -0.15) is 0 Å². The molecule has 2 rings (SSSR count). The Morgan fingerprint density at radius 1 is 1.44 bits per heavy atom. The Morgan fingerprint density at radius 2 is 2.22 bits per heavy atom. The summed E-state index contributed by atoms with van der Waals surface area (Å²) in [5, 5.41) is 9.17. The molecule has 1 amide bonds. The molecule has 0 spiro atoms. The SMILES string of the molecule is O=C1CC(=O)N([C@@H](Cc2ccccn2)C(=O)O)C1. The first-order valence-electron chi connectivity index (χ1n) is 5.52. The highest BCUT2D eigenvalue weighted by molar-refractivity contribution is 6.06. The van der Waals surface area contributed by atoms with Crippen LogP contribution in [0.4, 0.5) is 0 Å². The highest BCUT2D eigenvalue weighted by Gasteiger charge is 2.36. The smallest absolute Gasteiger partial charge is 0.326 e. The number of pyridine rings is 1. The lowest BCUT2D eigenvalue weighted by molar-refractivity contribution is -0.148. The minimum atomic E-state index is -1.12. The van der Waals surface area contributed by atoms with Crippen LogP contribution < -0.4 is 0 Å². The molecule has 94 valence electrons. The van der Waals surface area contributed by atoms with E-state index in [0.717, 1.165) is 4.90 Å². The van der Waals surface area contributed by atoms with Crippen LogP contribution >= 0.6 is 0 Å². The zero-order valence-corrected chi connectivity index (χ0v) is 9.57. The Labute approximate surface area is 103 Å². The number of Topliss-reactive ketones (excluding diaryl/α,β-unsaturated/α-hetero) is 1. The number of aromatic nitrogens is 1. The van der Waals surface area contributed by atoms with Crippen LogP contribution in [-0.2, 0) is 20.8 Å². The molecule has 0 unspecified atom stereocenters. The maximum Gasteiger partial charge on any atom is 0.326 e. The minimum Gasteiger partial charge on any atom is -0.480 e. The molecule has 1 aliphatic heterocycles. The van der Waals surface area contributed by atoms with E-state index >= 15 is 0 Å². The van der Waals surface area contributed by atoms with Crippen molar-refractivity contribution < 1.29 is 19.5 Å². The summed E-state index contributed by atoms with van der Waals surface area (Å²) in [7, 11) is 0. The monoisotopic (exact) mass is 248 g/mol. The Bertz CT molecular complexity index is 486. The topological polar surface area (TPSA) is 87.6 Å². The molecule has 1 atom stereocenters. The van der Waals surface area contributed by atoms with Gasteiger partial charge < -0.3 is 10.0 Å². The first kappa shape index (κ1) is 12.2. The molecule has 0 aromatic carbocycles. The first-order chi connectivity index (χ1) is 8.58. The van der Waals surface area contributed by atoms with Crippen molar-refractivity contribution in [2.75, 3.05) is 6.54 Å². The molecule has 0 saturated carbocycles. The van der Waals surface area contributed by atoms with Crippen molar-refractivity contribution >= 4 is 17.7 Å². The number of carbonyl (C=O) groups excluding carboxylic acids is 2. The van der Waals surface area contributed by atoms with Crippen LogP contribution in [0, 0.1) is 0 Å². The Hall–Kier alpha value is -2.24. The van der Waals surface area contributed by atoms with Gasteiger partial charge in [-0.3, -0.25) is 14.6 Å². The summed E-state index contributed by atoms with van der Waals surface area (Å²) in [5.74, 6) is -1.79. The number of carbonyl (C=O) groups is 3.